The highest BCUT2D eigenvalue weighted by Crippen LogP contribution is 2.51. The van der Waals surface area contributed by atoms with E-state index in [1.807, 2.05) is 0 Å². The van der Waals surface area contributed by atoms with Crippen molar-refractivity contribution in [1.29, 1.82) is 5.41 Å². The number of carbonyl (C=O) groups is 2. The molecule has 13 heteroatoms. The van der Waals surface area contributed by atoms with Crippen LogP contribution in [-0.2, 0) is 9.59 Å². The lowest BCUT2D eigenvalue weighted by molar-refractivity contribution is -0.124. The Labute approximate surface area is 218 Å². The van der Waals surface area contributed by atoms with Crippen LogP contribution in [0, 0.1) is 34.9 Å². The van der Waals surface area contributed by atoms with Gasteiger partial charge in [-0.1, -0.05) is 12.1 Å². The number of rotatable bonds is 12. The fraction of sp³-hybridized carbons (Fsp3) is 0.520. The number of nitrogens with zero attached hydrogens (tertiary/aromatic N) is 4. The van der Waals surface area contributed by atoms with Gasteiger partial charge in [0, 0.05) is 5.56 Å². The molecule has 4 N–H and O–H groups in total. The van der Waals surface area contributed by atoms with Crippen LogP contribution >= 0.6 is 0 Å². The van der Waals surface area contributed by atoms with Crippen LogP contribution in [0.3, 0.4) is 0 Å². The number of ether oxygens (including phenoxy) is 1. The average molecular weight is 532 g/mol. The molecule has 2 aliphatic rings. The molecule has 0 saturated heterocycles. The predicted molar refractivity (Wildman–Crippen MR) is 133 cm³/mol. The number of nitrogens with one attached hydrogen (secondary N) is 3. The number of hydrogen-bond donors (Lipinski definition) is 4. The van der Waals surface area contributed by atoms with Gasteiger partial charge in [0.2, 0.25) is 17.7 Å². The minimum Gasteiger partial charge on any atom is -0.481 e. The van der Waals surface area contributed by atoms with Crippen molar-refractivity contribution in [2.24, 2.45) is 22.9 Å². The van der Waals surface area contributed by atoms with Crippen LogP contribution in [0.15, 0.2) is 23.6 Å². The van der Waals surface area contributed by atoms with E-state index in [2.05, 4.69) is 25.9 Å². The third kappa shape index (κ3) is 5.65. The van der Waals surface area contributed by atoms with Gasteiger partial charge in [0.15, 0.2) is 0 Å². The van der Waals surface area contributed by atoms with Crippen molar-refractivity contribution in [3.8, 4) is 5.88 Å². The second-order valence-corrected chi connectivity index (χ2v) is 9.69. The zero-order valence-corrected chi connectivity index (χ0v) is 21.4. The molecule has 4 rings (SSSR count). The van der Waals surface area contributed by atoms with Crippen molar-refractivity contribution < 1.29 is 28.3 Å². The highest BCUT2D eigenvalue weighted by atomic mass is 19.1. The molecule has 11 nitrogen and oxygen atoms in total. The molecule has 0 spiro atoms. The van der Waals surface area contributed by atoms with Gasteiger partial charge in [-0.2, -0.15) is 9.49 Å². The molecule has 0 aliphatic heterocycles. The van der Waals surface area contributed by atoms with Crippen LogP contribution in [0.5, 0.6) is 5.88 Å². The van der Waals surface area contributed by atoms with Crippen LogP contribution in [0.4, 0.5) is 14.5 Å². The molecule has 38 heavy (non-hydrogen) atoms. The zero-order chi connectivity index (χ0) is 27.6. The first-order valence-corrected chi connectivity index (χ1v) is 12.5. The molecule has 2 heterocycles. The lowest BCUT2D eigenvalue weighted by atomic mass is 9.88. The van der Waals surface area contributed by atoms with Gasteiger partial charge in [0.05, 0.1) is 25.5 Å². The van der Waals surface area contributed by atoms with Gasteiger partial charge in [-0.3, -0.25) is 15.0 Å². The molecule has 0 aromatic carbocycles. The van der Waals surface area contributed by atoms with Crippen LogP contribution in [0.25, 0.3) is 0 Å². The maximum absolute atomic E-state index is 15.4. The van der Waals surface area contributed by atoms with Crippen LogP contribution in [0.2, 0.25) is 0 Å². The summed E-state index contributed by atoms with van der Waals surface area (Å²) in [6, 6.07) is -0.662. The normalized spacial score (nSPS) is 17.2. The highest BCUT2D eigenvalue weighted by molar-refractivity contribution is 6.65. The van der Waals surface area contributed by atoms with Crippen LogP contribution < -0.4 is 15.4 Å². The number of carbonyl (C=O) groups excluding carboxylic acids is 2. The molecular weight excluding hydrogens is 500 g/mol. The quantitative estimate of drug-likeness (QED) is 0.187. The number of methoxy groups -OCH3 is 1. The van der Waals surface area contributed by atoms with E-state index in [-0.39, 0.29) is 47.0 Å². The standard InChI is InChI=1S/C25H31F2N7O4/c1-4-17(33-37)20(28)23(35)32-21(19(13-5-6-13)14-7-8-14)24(36)31-18-11-30-34(22(18)27)12(2)16-9-15(26)10-29-25(16)38-3/h9-14,19,21,28,37H,4-8H2,1-3H3,(H,31,36)(H,32,35)/b28-20?,33-17-/t12-,21-/m0/s1. The second kappa shape index (κ2) is 11.2. The van der Waals surface area contributed by atoms with Gasteiger partial charge in [-0.05, 0) is 62.8 Å². The smallest absolute Gasteiger partial charge is 0.271 e. The Hall–Kier alpha value is -3.90. The van der Waals surface area contributed by atoms with Crippen molar-refractivity contribution in [2.75, 3.05) is 12.4 Å². The molecule has 2 aromatic rings. The average Bonchev–Trinajstić information content (AvgIpc) is 3.84. The third-order valence-electron chi connectivity index (χ3n) is 7.11. The summed E-state index contributed by atoms with van der Waals surface area (Å²) < 4.78 is 35.4. The first kappa shape index (κ1) is 27.1. The number of pyridine rings is 1. The van der Waals surface area contributed by atoms with E-state index in [0.29, 0.717) is 0 Å². The summed E-state index contributed by atoms with van der Waals surface area (Å²) in [5, 5.41) is 29.4. The summed E-state index contributed by atoms with van der Waals surface area (Å²) in [6.07, 6.45) is 5.96. The van der Waals surface area contributed by atoms with Gasteiger partial charge >= 0.3 is 0 Å². The molecule has 0 bridgehead atoms. The summed E-state index contributed by atoms with van der Waals surface area (Å²) >= 11 is 0. The predicted octanol–water partition coefficient (Wildman–Crippen LogP) is 3.29. The molecule has 2 aromatic heterocycles. The number of anilines is 1. The summed E-state index contributed by atoms with van der Waals surface area (Å²) in [5.74, 6) is -2.55. The van der Waals surface area contributed by atoms with Crippen molar-refractivity contribution >= 4 is 28.9 Å². The number of aromatic nitrogens is 3. The Kier molecular flexibility index (Phi) is 8.02. The summed E-state index contributed by atoms with van der Waals surface area (Å²) in [4.78, 5) is 30.2. The Bertz CT molecular complexity index is 1240. The molecule has 2 atom stereocenters. The second-order valence-electron chi connectivity index (χ2n) is 9.69. The highest BCUT2D eigenvalue weighted by Gasteiger charge is 2.48. The molecule has 2 amide bonds. The molecule has 2 fully saturated rings. The SMILES string of the molecule is CC/C(=N/O)C(=N)C(=O)N[C@H](C(=O)Nc1cnn([C@@H](C)c2cc(F)cnc2OC)c1F)C(C1CC1)C1CC1. The first-order chi connectivity index (χ1) is 18.2. The number of amides is 2. The summed E-state index contributed by atoms with van der Waals surface area (Å²) in [6.45, 7) is 3.22. The molecule has 2 aliphatic carbocycles. The number of oxime groups is 1. The molecule has 204 valence electrons. The lowest BCUT2D eigenvalue weighted by Gasteiger charge is -2.27. The Morgan fingerprint density at radius 1 is 1.26 bits per heavy atom. The minimum absolute atomic E-state index is 0.110. The number of halogens is 2. The number of hydrogen-bond acceptors (Lipinski definition) is 8. The summed E-state index contributed by atoms with van der Waals surface area (Å²) in [7, 11) is 1.36. The zero-order valence-electron chi connectivity index (χ0n) is 21.4. The van der Waals surface area contributed by atoms with Crippen molar-refractivity contribution in [1.82, 2.24) is 20.1 Å². The fourth-order valence-electron chi connectivity index (χ4n) is 4.83. The van der Waals surface area contributed by atoms with E-state index >= 15 is 4.39 Å². The van der Waals surface area contributed by atoms with Gasteiger partial charge < -0.3 is 20.6 Å². The minimum atomic E-state index is -1.02. The largest absolute Gasteiger partial charge is 0.481 e. The third-order valence-corrected chi connectivity index (χ3v) is 7.11. The van der Waals surface area contributed by atoms with E-state index in [1.165, 1.54) is 13.2 Å². The first-order valence-electron chi connectivity index (χ1n) is 12.5. The van der Waals surface area contributed by atoms with Gasteiger partial charge in [-0.25, -0.2) is 14.1 Å². The topological polar surface area (TPSA) is 155 Å². The van der Waals surface area contributed by atoms with Crippen LogP contribution in [0.1, 0.15) is 57.6 Å². The summed E-state index contributed by atoms with van der Waals surface area (Å²) in [5.41, 5.74) is -0.602. The van der Waals surface area contributed by atoms with Gasteiger partial charge in [0.25, 0.3) is 5.91 Å². The molecule has 0 unspecified atom stereocenters. The fourth-order valence-corrected chi connectivity index (χ4v) is 4.83. The van der Waals surface area contributed by atoms with E-state index in [9.17, 15) is 14.0 Å². The lowest BCUT2D eigenvalue weighted by Crippen LogP contribution is -2.52. The maximum atomic E-state index is 15.4. The van der Waals surface area contributed by atoms with E-state index in [0.717, 1.165) is 42.8 Å². The molecule has 2 saturated carbocycles. The Morgan fingerprint density at radius 2 is 1.92 bits per heavy atom. The van der Waals surface area contributed by atoms with Crippen LogP contribution in [-0.4, -0.2) is 56.4 Å². The Balaban J connectivity index is 1.57. The van der Waals surface area contributed by atoms with Crippen molar-refractivity contribution in [3.05, 3.63) is 35.8 Å². The van der Waals surface area contributed by atoms with Crippen molar-refractivity contribution in [2.45, 2.75) is 58.0 Å². The van der Waals surface area contributed by atoms with E-state index in [1.54, 1.807) is 13.8 Å². The van der Waals surface area contributed by atoms with Gasteiger partial charge in [-0.15, -0.1) is 0 Å². The monoisotopic (exact) mass is 531 g/mol. The van der Waals surface area contributed by atoms with E-state index < -0.39 is 41.4 Å². The van der Waals surface area contributed by atoms with E-state index in [4.69, 9.17) is 15.4 Å². The Morgan fingerprint density at radius 3 is 2.47 bits per heavy atom. The maximum Gasteiger partial charge on any atom is 0.271 e. The van der Waals surface area contributed by atoms with Gasteiger partial charge in [0.1, 0.15) is 29.0 Å². The molecule has 0 radical (unpaired) electrons. The van der Waals surface area contributed by atoms with Crippen molar-refractivity contribution in [3.63, 3.8) is 0 Å². The molecular formula is C25H31F2N7O4.